The molecule has 1 N–H and O–H groups in total. The molecule has 7 nitrogen and oxygen atoms in total. The summed E-state index contributed by atoms with van der Waals surface area (Å²) in [6.45, 7) is 0.695. The molecule has 0 unspecified atom stereocenters. The van der Waals surface area contributed by atoms with Crippen LogP contribution in [0.1, 0.15) is 27.9 Å². The van der Waals surface area contributed by atoms with E-state index in [-0.39, 0.29) is 17.5 Å². The quantitative estimate of drug-likeness (QED) is 0.688. The molecule has 2 aromatic rings. The monoisotopic (exact) mass is 337 g/mol. The Morgan fingerprint density at radius 2 is 1.76 bits per heavy atom. The number of anilines is 2. The summed E-state index contributed by atoms with van der Waals surface area (Å²) in [6.07, 6.45) is 1.96. The minimum absolute atomic E-state index is 0.0525. The van der Waals surface area contributed by atoms with E-state index in [0.717, 1.165) is 23.2 Å². The standard InChI is InChI=1S/C18H15N3O4/c22-16-6-3-12-9-14(10-13-7-8-20(16)17(12)13)19-18(23)11-1-4-15(5-2-11)21(24)25/h1-2,4-5,9-10H,3,6-8H2,(H,19,23). The smallest absolute Gasteiger partial charge is 0.269 e. The Morgan fingerprint density at radius 1 is 1.08 bits per heavy atom. The molecule has 0 fully saturated rings. The molecule has 2 aliphatic rings. The molecule has 0 atom stereocenters. The molecule has 7 heteroatoms. The normalized spacial score (nSPS) is 15.0. The Labute approximate surface area is 143 Å². The Hall–Kier alpha value is -3.22. The maximum Gasteiger partial charge on any atom is 0.269 e. The minimum atomic E-state index is -0.500. The summed E-state index contributed by atoms with van der Waals surface area (Å²) in [6, 6.07) is 9.31. The number of carbonyl (C=O) groups excluding carboxylic acids is 2. The molecule has 4 rings (SSSR count). The van der Waals surface area contributed by atoms with Gasteiger partial charge in [0.1, 0.15) is 0 Å². The first-order valence-electron chi connectivity index (χ1n) is 8.05. The Balaban J connectivity index is 1.58. The summed E-state index contributed by atoms with van der Waals surface area (Å²) in [4.78, 5) is 36.3. The number of nitrogens with one attached hydrogen (secondary N) is 1. The zero-order valence-corrected chi connectivity index (χ0v) is 13.3. The van der Waals surface area contributed by atoms with Crippen LogP contribution in [0.2, 0.25) is 0 Å². The van der Waals surface area contributed by atoms with Gasteiger partial charge in [0.05, 0.1) is 10.6 Å². The van der Waals surface area contributed by atoms with Crippen molar-refractivity contribution in [2.24, 2.45) is 0 Å². The third kappa shape index (κ3) is 2.63. The average molecular weight is 337 g/mol. The lowest BCUT2D eigenvalue weighted by molar-refractivity contribution is -0.384. The van der Waals surface area contributed by atoms with Gasteiger partial charge < -0.3 is 10.2 Å². The third-order valence-corrected chi connectivity index (χ3v) is 4.65. The van der Waals surface area contributed by atoms with Crippen molar-refractivity contribution in [1.29, 1.82) is 0 Å². The fourth-order valence-corrected chi connectivity index (χ4v) is 3.47. The number of benzene rings is 2. The lowest BCUT2D eigenvalue weighted by atomic mass is 9.98. The molecule has 0 aromatic heterocycles. The van der Waals surface area contributed by atoms with Crippen molar-refractivity contribution < 1.29 is 14.5 Å². The molecule has 25 heavy (non-hydrogen) atoms. The maximum absolute atomic E-state index is 12.4. The first-order valence-corrected chi connectivity index (χ1v) is 8.05. The highest BCUT2D eigenvalue weighted by Gasteiger charge is 2.31. The van der Waals surface area contributed by atoms with E-state index in [1.807, 2.05) is 17.0 Å². The first kappa shape index (κ1) is 15.3. The number of nitro benzene ring substituents is 1. The second-order valence-corrected chi connectivity index (χ2v) is 6.20. The fraction of sp³-hybridized carbons (Fsp3) is 0.222. The second-order valence-electron chi connectivity index (χ2n) is 6.20. The molecule has 2 amide bonds. The van der Waals surface area contributed by atoms with Gasteiger partial charge in [-0.25, -0.2) is 0 Å². The SMILES string of the molecule is O=C(Nc1cc2c3c(c1)CCN3C(=O)CC2)c1ccc([N+](=O)[O-])cc1. The van der Waals surface area contributed by atoms with E-state index >= 15 is 0 Å². The molecule has 2 aromatic carbocycles. The van der Waals surface area contributed by atoms with Crippen LogP contribution >= 0.6 is 0 Å². The van der Waals surface area contributed by atoms with Gasteiger partial charge in [0.25, 0.3) is 11.6 Å². The van der Waals surface area contributed by atoms with Crippen LogP contribution in [0.25, 0.3) is 0 Å². The van der Waals surface area contributed by atoms with Gasteiger partial charge in [-0.15, -0.1) is 0 Å². The van der Waals surface area contributed by atoms with Gasteiger partial charge in [0.15, 0.2) is 0 Å². The van der Waals surface area contributed by atoms with Crippen molar-refractivity contribution in [2.75, 3.05) is 16.8 Å². The van der Waals surface area contributed by atoms with Crippen molar-refractivity contribution in [3.8, 4) is 0 Å². The highest BCUT2D eigenvalue weighted by atomic mass is 16.6. The van der Waals surface area contributed by atoms with Crippen molar-refractivity contribution in [2.45, 2.75) is 19.3 Å². The number of hydrogen-bond donors (Lipinski definition) is 1. The number of hydrogen-bond acceptors (Lipinski definition) is 4. The highest BCUT2D eigenvalue weighted by Crippen LogP contribution is 2.38. The number of nitrogens with zero attached hydrogens (tertiary/aromatic N) is 2. The number of aryl methyl sites for hydroxylation is 1. The van der Waals surface area contributed by atoms with E-state index in [2.05, 4.69) is 5.32 Å². The highest BCUT2D eigenvalue weighted by molar-refractivity contribution is 6.05. The van der Waals surface area contributed by atoms with Crippen molar-refractivity contribution >= 4 is 28.9 Å². The number of nitro groups is 1. The Morgan fingerprint density at radius 3 is 2.44 bits per heavy atom. The maximum atomic E-state index is 12.4. The van der Waals surface area contributed by atoms with Gasteiger partial charge in [0, 0.05) is 36.3 Å². The predicted octanol–water partition coefficient (Wildman–Crippen LogP) is 2.68. The van der Waals surface area contributed by atoms with E-state index in [1.165, 1.54) is 24.3 Å². The topological polar surface area (TPSA) is 92.6 Å². The summed E-state index contributed by atoms with van der Waals surface area (Å²) in [5.41, 5.74) is 4.15. The van der Waals surface area contributed by atoms with Gasteiger partial charge in [-0.05, 0) is 48.2 Å². The van der Waals surface area contributed by atoms with Gasteiger partial charge >= 0.3 is 0 Å². The van der Waals surface area contributed by atoms with E-state index in [1.54, 1.807) is 0 Å². The minimum Gasteiger partial charge on any atom is -0.322 e. The van der Waals surface area contributed by atoms with Crippen LogP contribution < -0.4 is 10.2 Å². The number of non-ortho nitro benzene ring substituents is 1. The first-order chi connectivity index (χ1) is 12.0. The van der Waals surface area contributed by atoms with Gasteiger partial charge in [-0.3, -0.25) is 19.7 Å². The summed E-state index contributed by atoms with van der Waals surface area (Å²) < 4.78 is 0. The van der Waals surface area contributed by atoms with Crippen LogP contribution in [-0.2, 0) is 17.6 Å². The van der Waals surface area contributed by atoms with E-state index in [4.69, 9.17) is 0 Å². The third-order valence-electron chi connectivity index (χ3n) is 4.65. The number of carbonyl (C=O) groups is 2. The summed E-state index contributed by atoms with van der Waals surface area (Å²) >= 11 is 0. The summed E-state index contributed by atoms with van der Waals surface area (Å²) in [5, 5.41) is 13.5. The van der Waals surface area contributed by atoms with Crippen molar-refractivity contribution in [3.05, 3.63) is 63.2 Å². The van der Waals surface area contributed by atoms with Crippen molar-refractivity contribution in [1.82, 2.24) is 0 Å². The molecule has 0 aliphatic carbocycles. The van der Waals surface area contributed by atoms with Crippen LogP contribution in [0.5, 0.6) is 0 Å². The average Bonchev–Trinajstić information content (AvgIpc) is 3.03. The number of amides is 2. The molecule has 0 spiro atoms. The van der Waals surface area contributed by atoms with E-state index < -0.39 is 4.92 Å². The molecule has 126 valence electrons. The molecular weight excluding hydrogens is 322 g/mol. The summed E-state index contributed by atoms with van der Waals surface area (Å²) in [7, 11) is 0. The van der Waals surface area contributed by atoms with E-state index in [0.29, 0.717) is 30.6 Å². The van der Waals surface area contributed by atoms with Crippen LogP contribution in [0, 0.1) is 10.1 Å². The van der Waals surface area contributed by atoms with Gasteiger partial charge in [0.2, 0.25) is 5.91 Å². The van der Waals surface area contributed by atoms with Crippen LogP contribution in [0.15, 0.2) is 36.4 Å². The molecule has 0 bridgehead atoms. The molecule has 2 aliphatic heterocycles. The molecular formula is C18H15N3O4. The van der Waals surface area contributed by atoms with Gasteiger partial charge in [-0.1, -0.05) is 0 Å². The Bertz CT molecular complexity index is 905. The van der Waals surface area contributed by atoms with Crippen LogP contribution in [0.3, 0.4) is 0 Å². The second kappa shape index (κ2) is 5.70. The predicted molar refractivity (Wildman–Crippen MR) is 91.9 cm³/mol. The zero-order chi connectivity index (χ0) is 17.6. The Kier molecular flexibility index (Phi) is 3.49. The lowest BCUT2D eigenvalue weighted by Gasteiger charge is -2.25. The fourth-order valence-electron chi connectivity index (χ4n) is 3.47. The summed E-state index contributed by atoms with van der Waals surface area (Å²) in [5.74, 6) is -0.155. The largest absolute Gasteiger partial charge is 0.322 e. The number of rotatable bonds is 3. The lowest BCUT2D eigenvalue weighted by Crippen LogP contribution is -2.32. The van der Waals surface area contributed by atoms with Crippen LogP contribution in [-0.4, -0.2) is 23.3 Å². The molecule has 0 saturated heterocycles. The molecule has 0 saturated carbocycles. The van der Waals surface area contributed by atoms with Crippen LogP contribution in [0.4, 0.5) is 17.1 Å². The van der Waals surface area contributed by atoms with E-state index in [9.17, 15) is 19.7 Å². The molecule has 2 heterocycles. The van der Waals surface area contributed by atoms with Crippen molar-refractivity contribution in [3.63, 3.8) is 0 Å². The van der Waals surface area contributed by atoms with Gasteiger partial charge in [-0.2, -0.15) is 0 Å². The molecule has 0 radical (unpaired) electrons. The zero-order valence-electron chi connectivity index (χ0n) is 13.3.